The first-order chi connectivity index (χ1) is 13.4. The second kappa shape index (κ2) is 7.25. The van der Waals surface area contributed by atoms with Crippen molar-refractivity contribution in [2.24, 2.45) is 0 Å². The Morgan fingerprint density at radius 1 is 1.00 bits per heavy atom. The number of anilines is 2. The van der Waals surface area contributed by atoms with E-state index in [9.17, 15) is 12.8 Å². The molecule has 0 amide bonds. The molecule has 0 aliphatic carbocycles. The topological polar surface area (TPSA) is 85.3 Å². The van der Waals surface area contributed by atoms with Crippen LogP contribution in [0.1, 0.15) is 0 Å². The molecule has 0 atom stereocenters. The van der Waals surface area contributed by atoms with Gasteiger partial charge < -0.3 is 14.2 Å². The van der Waals surface area contributed by atoms with Gasteiger partial charge in [0, 0.05) is 10.2 Å². The highest BCUT2D eigenvalue weighted by Gasteiger charge is 2.29. The van der Waals surface area contributed by atoms with Crippen molar-refractivity contribution in [2.45, 2.75) is 9.92 Å². The summed E-state index contributed by atoms with van der Waals surface area (Å²) in [5, 5.41) is 2.54. The van der Waals surface area contributed by atoms with Crippen LogP contribution in [0.4, 0.5) is 16.0 Å². The molecule has 2 aromatic heterocycles. The molecule has 0 spiro atoms. The third-order valence-corrected chi connectivity index (χ3v) is 6.02. The molecule has 9 heteroatoms. The fourth-order valence-electron chi connectivity index (χ4n) is 2.46. The summed E-state index contributed by atoms with van der Waals surface area (Å²) < 4.78 is 51.0. The summed E-state index contributed by atoms with van der Waals surface area (Å²) in [5.41, 5.74) is 0.441. The van der Waals surface area contributed by atoms with Crippen LogP contribution in [0.3, 0.4) is 0 Å². The Bertz CT molecular complexity index is 1200. The number of aromatic nitrogens is 1. The van der Waals surface area contributed by atoms with E-state index in [2.05, 4.69) is 26.2 Å². The Morgan fingerprint density at radius 2 is 1.71 bits per heavy atom. The number of sulfone groups is 1. The van der Waals surface area contributed by atoms with Crippen LogP contribution >= 0.6 is 15.9 Å². The molecule has 2 heterocycles. The predicted molar refractivity (Wildman–Crippen MR) is 103 cm³/mol. The number of furan rings is 1. The van der Waals surface area contributed by atoms with Crippen molar-refractivity contribution in [2.75, 3.05) is 5.32 Å². The first-order valence-electron chi connectivity index (χ1n) is 8.01. The number of nitrogens with one attached hydrogen (secondary N) is 1. The Morgan fingerprint density at radius 3 is 2.36 bits per heavy atom. The van der Waals surface area contributed by atoms with Crippen molar-refractivity contribution in [3.05, 3.63) is 77.2 Å². The summed E-state index contributed by atoms with van der Waals surface area (Å²) in [6, 6.07) is 14.8. The van der Waals surface area contributed by atoms with Gasteiger partial charge in [-0.1, -0.05) is 15.9 Å². The molecular formula is C19H12BrFN2O4S. The number of rotatable bonds is 5. The van der Waals surface area contributed by atoms with E-state index in [1.54, 1.807) is 24.3 Å². The Labute approximate surface area is 168 Å². The molecule has 0 fully saturated rings. The fraction of sp³-hybridized carbons (Fsp3) is 0. The first kappa shape index (κ1) is 18.5. The minimum absolute atomic E-state index is 0.00491. The van der Waals surface area contributed by atoms with Crippen molar-refractivity contribution in [3.63, 3.8) is 0 Å². The van der Waals surface area contributed by atoms with Crippen LogP contribution in [0.25, 0.3) is 11.7 Å². The molecule has 6 nitrogen and oxygen atoms in total. The van der Waals surface area contributed by atoms with Gasteiger partial charge in [0.05, 0.1) is 11.2 Å². The number of benzene rings is 2. The lowest BCUT2D eigenvalue weighted by atomic mass is 10.3. The molecule has 0 saturated carbocycles. The van der Waals surface area contributed by atoms with Crippen LogP contribution in [-0.2, 0) is 9.84 Å². The maximum Gasteiger partial charge on any atom is 0.266 e. The zero-order chi connectivity index (χ0) is 19.7. The van der Waals surface area contributed by atoms with Gasteiger partial charge in [-0.05, 0) is 60.7 Å². The zero-order valence-corrected chi connectivity index (χ0v) is 16.5. The van der Waals surface area contributed by atoms with Crippen molar-refractivity contribution in [1.82, 2.24) is 4.98 Å². The summed E-state index contributed by atoms with van der Waals surface area (Å²) in [6.45, 7) is 0. The van der Waals surface area contributed by atoms with E-state index in [-0.39, 0.29) is 27.5 Å². The monoisotopic (exact) mass is 462 g/mol. The Balaban J connectivity index is 1.82. The molecule has 0 unspecified atom stereocenters. The molecule has 4 rings (SSSR count). The number of halogens is 2. The maximum absolute atomic E-state index is 13.2. The maximum atomic E-state index is 13.2. The van der Waals surface area contributed by atoms with Crippen LogP contribution in [0.2, 0.25) is 0 Å². The quantitative estimate of drug-likeness (QED) is 0.426. The molecule has 0 aliphatic rings. The lowest BCUT2D eigenvalue weighted by Crippen LogP contribution is -2.05. The van der Waals surface area contributed by atoms with Crippen LogP contribution in [0, 0.1) is 5.82 Å². The molecule has 142 valence electrons. The molecule has 0 aliphatic heterocycles. The second-order valence-corrected chi connectivity index (χ2v) is 8.50. The van der Waals surface area contributed by atoms with Gasteiger partial charge >= 0.3 is 0 Å². The van der Waals surface area contributed by atoms with Crippen molar-refractivity contribution < 1.29 is 21.6 Å². The van der Waals surface area contributed by atoms with Gasteiger partial charge in [0.25, 0.3) is 5.89 Å². The molecule has 2 aromatic carbocycles. The third kappa shape index (κ3) is 3.58. The molecular weight excluding hydrogens is 451 g/mol. The SMILES string of the molecule is O=S(=O)(c1ccc(Br)cc1)c1nc(-c2ccco2)oc1Nc1ccc(F)cc1. The van der Waals surface area contributed by atoms with Gasteiger partial charge in [0.15, 0.2) is 5.76 Å². The number of hydrogen-bond acceptors (Lipinski definition) is 6. The van der Waals surface area contributed by atoms with E-state index in [4.69, 9.17) is 8.83 Å². The van der Waals surface area contributed by atoms with E-state index >= 15 is 0 Å². The number of hydrogen-bond donors (Lipinski definition) is 1. The first-order valence-corrected chi connectivity index (χ1v) is 10.3. The van der Waals surface area contributed by atoms with Gasteiger partial charge in [-0.2, -0.15) is 4.98 Å². The summed E-state index contributed by atoms with van der Waals surface area (Å²) in [7, 11) is -3.99. The summed E-state index contributed by atoms with van der Waals surface area (Å²) in [5.74, 6) is -0.229. The van der Waals surface area contributed by atoms with Gasteiger partial charge in [0.2, 0.25) is 20.7 Å². The lowest BCUT2D eigenvalue weighted by Gasteiger charge is -2.06. The normalized spacial score (nSPS) is 11.5. The van der Waals surface area contributed by atoms with Gasteiger partial charge in [-0.3, -0.25) is 0 Å². The van der Waals surface area contributed by atoms with Crippen LogP contribution < -0.4 is 5.32 Å². The molecule has 28 heavy (non-hydrogen) atoms. The second-order valence-electron chi connectivity index (χ2n) is 5.72. The van der Waals surface area contributed by atoms with Crippen molar-refractivity contribution in [3.8, 4) is 11.7 Å². The zero-order valence-electron chi connectivity index (χ0n) is 14.1. The molecule has 1 N–H and O–H groups in total. The lowest BCUT2D eigenvalue weighted by molar-refractivity contribution is 0.524. The molecule has 4 aromatic rings. The molecule has 0 radical (unpaired) electrons. The van der Waals surface area contributed by atoms with Crippen molar-refractivity contribution >= 4 is 37.3 Å². The minimum Gasteiger partial charge on any atom is -0.459 e. The Kier molecular flexibility index (Phi) is 4.78. The number of oxazole rings is 1. The van der Waals surface area contributed by atoms with Crippen molar-refractivity contribution in [1.29, 1.82) is 0 Å². The predicted octanol–water partition coefficient (Wildman–Crippen LogP) is 5.41. The summed E-state index contributed by atoms with van der Waals surface area (Å²) in [6.07, 6.45) is 1.43. The summed E-state index contributed by atoms with van der Waals surface area (Å²) >= 11 is 3.28. The van der Waals surface area contributed by atoms with E-state index in [0.717, 1.165) is 4.47 Å². The smallest absolute Gasteiger partial charge is 0.266 e. The average Bonchev–Trinajstić information content (AvgIpc) is 3.34. The van der Waals surface area contributed by atoms with E-state index in [1.165, 1.54) is 42.7 Å². The number of nitrogens with zero attached hydrogens (tertiary/aromatic N) is 1. The average molecular weight is 463 g/mol. The standard InChI is InChI=1S/C19H12BrFN2O4S/c20-12-3-9-15(10-4-12)28(24,25)19-18(22-14-7-5-13(21)6-8-14)27-17(23-19)16-2-1-11-26-16/h1-11,22H. The minimum atomic E-state index is -3.99. The highest BCUT2D eigenvalue weighted by molar-refractivity contribution is 9.10. The van der Waals surface area contributed by atoms with E-state index < -0.39 is 15.7 Å². The van der Waals surface area contributed by atoms with E-state index in [0.29, 0.717) is 5.69 Å². The molecule has 0 saturated heterocycles. The highest BCUT2D eigenvalue weighted by atomic mass is 79.9. The van der Waals surface area contributed by atoms with E-state index in [1.807, 2.05) is 0 Å². The van der Waals surface area contributed by atoms with Crippen LogP contribution in [0.5, 0.6) is 0 Å². The Hall–Kier alpha value is -2.91. The van der Waals surface area contributed by atoms with Gasteiger partial charge in [-0.15, -0.1) is 0 Å². The largest absolute Gasteiger partial charge is 0.459 e. The highest BCUT2D eigenvalue weighted by Crippen LogP contribution is 2.34. The molecule has 0 bridgehead atoms. The fourth-order valence-corrected chi connectivity index (χ4v) is 3.98. The third-order valence-electron chi connectivity index (χ3n) is 3.81. The van der Waals surface area contributed by atoms with Crippen LogP contribution in [0.15, 0.2) is 90.2 Å². The van der Waals surface area contributed by atoms with Gasteiger partial charge in [-0.25, -0.2) is 12.8 Å². The van der Waals surface area contributed by atoms with Gasteiger partial charge in [0.1, 0.15) is 5.82 Å². The van der Waals surface area contributed by atoms with Crippen LogP contribution in [-0.4, -0.2) is 13.4 Å². The summed E-state index contributed by atoms with van der Waals surface area (Å²) in [4.78, 5) is 4.19.